The maximum atomic E-state index is 2.70. The van der Waals surface area contributed by atoms with Gasteiger partial charge in [0.2, 0.25) is 0 Å². The first kappa shape index (κ1) is 25.3. The van der Waals surface area contributed by atoms with E-state index in [-0.39, 0.29) is 16.2 Å². The van der Waals surface area contributed by atoms with Crippen molar-refractivity contribution in [1.82, 2.24) is 0 Å². The van der Waals surface area contributed by atoms with Crippen LogP contribution in [0.25, 0.3) is 11.1 Å². The summed E-state index contributed by atoms with van der Waals surface area (Å²) in [7, 11) is 0. The molecule has 0 aliphatic heterocycles. The quantitative estimate of drug-likeness (QED) is 0.306. The second-order valence-corrected chi connectivity index (χ2v) is 16.8. The molecule has 2 spiro atoms. The molecule has 43 heavy (non-hydrogen) atoms. The SMILES string of the molecule is CC1(C)CCC(C)(C)c2c(N(C3=CC=CCC3)c3ccc4c(c3)C3(c5ccccc5-4)C4CC5CC6CC3C64C5)cccc21. The van der Waals surface area contributed by atoms with Crippen LogP contribution in [0.5, 0.6) is 0 Å². The highest BCUT2D eigenvalue weighted by Gasteiger charge is 2.84. The van der Waals surface area contributed by atoms with Gasteiger partial charge in [0.05, 0.1) is 0 Å². The second kappa shape index (κ2) is 7.96. The smallest absolute Gasteiger partial charge is 0.0498 e. The lowest BCUT2D eigenvalue weighted by Gasteiger charge is -2.76. The minimum Gasteiger partial charge on any atom is -0.314 e. The normalized spacial score (nSPS) is 35.8. The topological polar surface area (TPSA) is 3.24 Å². The van der Waals surface area contributed by atoms with E-state index in [4.69, 9.17) is 0 Å². The average molecular weight is 564 g/mol. The Morgan fingerprint density at radius 3 is 2.37 bits per heavy atom. The molecule has 0 heterocycles. The molecule has 1 nitrogen and oxygen atoms in total. The van der Waals surface area contributed by atoms with Crippen LogP contribution in [-0.2, 0) is 16.2 Å². The molecule has 218 valence electrons. The Hall–Kier alpha value is -3.06. The molecule has 0 saturated heterocycles. The van der Waals surface area contributed by atoms with Crippen molar-refractivity contribution in [2.75, 3.05) is 4.90 Å². The Balaban J connectivity index is 1.20. The summed E-state index contributed by atoms with van der Waals surface area (Å²) in [6.07, 6.45) is 17.7. The molecule has 3 aromatic carbocycles. The zero-order valence-electron chi connectivity index (χ0n) is 26.4. The van der Waals surface area contributed by atoms with Crippen LogP contribution in [0.3, 0.4) is 0 Å². The van der Waals surface area contributed by atoms with E-state index in [1.165, 1.54) is 66.7 Å². The van der Waals surface area contributed by atoms with Crippen molar-refractivity contribution < 1.29 is 0 Å². The van der Waals surface area contributed by atoms with Gasteiger partial charge in [0.1, 0.15) is 0 Å². The fourth-order valence-electron chi connectivity index (χ4n) is 12.6. The van der Waals surface area contributed by atoms with Crippen molar-refractivity contribution in [2.24, 2.45) is 29.1 Å². The Labute approximate surface area is 258 Å². The Bertz CT molecular complexity index is 1780. The number of allylic oxidation sites excluding steroid dienone is 4. The van der Waals surface area contributed by atoms with Crippen molar-refractivity contribution >= 4 is 11.4 Å². The van der Waals surface area contributed by atoms with E-state index in [0.29, 0.717) is 5.41 Å². The first-order chi connectivity index (χ1) is 20.8. The standard InChI is InChI=1S/C42H45N/c1-39(2)19-20-40(3,4)38-33(39)15-10-16-35(38)43(28-11-6-5-7-12-28)29-17-18-31-30-13-8-9-14-32(30)42(34(31)24-29)36-22-26-21-27-23-37(42)41(27,36)25-26/h5-6,8-11,13-18,24,26-27,36-37H,7,12,19-23,25H2,1-4H3. The van der Waals surface area contributed by atoms with E-state index in [1.54, 1.807) is 22.3 Å². The molecule has 4 saturated carbocycles. The number of nitrogens with zero attached hydrogens (tertiary/aromatic N) is 1. The van der Waals surface area contributed by atoms with Crippen LogP contribution in [0.15, 0.2) is 84.6 Å². The summed E-state index contributed by atoms with van der Waals surface area (Å²) in [6.45, 7) is 9.90. The molecule has 10 rings (SSSR count). The minimum atomic E-state index is 0.142. The first-order valence-corrected chi connectivity index (χ1v) is 17.3. The van der Waals surface area contributed by atoms with Crippen LogP contribution in [0.2, 0.25) is 0 Å². The van der Waals surface area contributed by atoms with Gasteiger partial charge in [0.25, 0.3) is 0 Å². The molecule has 1 heteroatoms. The lowest BCUT2D eigenvalue weighted by molar-refractivity contribution is -0.231. The van der Waals surface area contributed by atoms with Gasteiger partial charge in [-0.2, -0.15) is 0 Å². The maximum absolute atomic E-state index is 2.70. The molecule has 0 N–H and O–H groups in total. The summed E-state index contributed by atoms with van der Waals surface area (Å²) in [5.41, 5.74) is 15.0. The molecule has 6 atom stereocenters. The fourth-order valence-corrected chi connectivity index (χ4v) is 12.6. The molecular formula is C42H45N. The average Bonchev–Trinajstić information content (AvgIpc) is 3.63. The van der Waals surface area contributed by atoms with Gasteiger partial charge >= 0.3 is 0 Å². The number of rotatable bonds is 3. The van der Waals surface area contributed by atoms with Crippen molar-refractivity contribution in [2.45, 2.75) is 95.3 Å². The monoisotopic (exact) mass is 563 g/mol. The number of benzene rings is 3. The van der Waals surface area contributed by atoms with Crippen molar-refractivity contribution in [3.63, 3.8) is 0 Å². The van der Waals surface area contributed by atoms with Crippen molar-refractivity contribution in [3.8, 4) is 11.1 Å². The Morgan fingerprint density at radius 2 is 1.53 bits per heavy atom. The van der Waals surface area contributed by atoms with Crippen LogP contribution in [0.4, 0.5) is 11.4 Å². The van der Waals surface area contributed by atoms with E-state index in [9.17, 15) is 0 Å². The lowest BCUT2D eigenvalue weighted by atomic mass is 9.27. The van der Waals surface area contributed by atoms with Crippen LogP contribution in [-0.4, -0.2) is 0 Å². The largest absolute Gasteiger partial charge is 0.314 e. The van der Waals surface area contributed by atoms with Gasteiger partial charge in [-0.15, -0.1) is 0 Å². The summed E-state index contributed by atoms with van der Waals surface area (Å²) in [5, 5.41) is 0. The second-order valence-electron chi connectivity index (χ2n) is 16.8. The third-order valence-electron chi connectivity index (χ3n) is 14.2. The zero-order chi connectivity index (χ0) is 28.9. The summed E-state index contributed by atoms with van der Waals surface area (Å²) >= 11 is 0. The third-order valence-corrected chi connectivity index (χ3v) is 14.2. The van der Waals surface area contributed by atoms with Gasteiger partial charge in [-0.1, -0.05) is 82.3 Å². The van der Waals surface area contributed by atoms with E-state index >= 15 is 0 Å². The van der Waals surface area contributed by atoms with Gasteiger partial charge in [-0.05, 0) is 149 Å². The van der Waals surface area contributed by atoms with E-state index < -0.39 is 0 Å². The molecule has 0 amide bonds. The van der Waals surface area contributed by atoms with E-state index in [2.05, 4.69) is 111 Å². The van der Waals surface area contributed by atoms with Crippen LogP contribution in [0, 0.1) is 29.1 Å². The molecular weight excluding hydrogens is 518 g/mol. The highest BCUT2D eigenvalue weighted by molar-refractivity contribution is 5.87. The number of hydrogen-bond donors (Lipinski definition) is 0. The summed E-state index contributed by atoms with van der Waals surface area (Å²) in [5.74, 6) is 3.68. The van der Waals surface area contributed by atoms with Crippen LogP contribution in [0.1, 0.15) is 101 Å². The molecule has 7 aliphatic carbocycles. The molecule has 4 fully saturated rings. The molecule has 0 aromatic heterocycles. The maximum Gasteiger partial charge on any atom is 0.0498 e. The van der Waals surface area contributed by atoms with Crippen molar-refractivity contribution in [1.29, 1.82) is 0 Å². The molecule has 0 radical (unpaired) electrons. The van der Waals surface area contributed by atoms with Gasteiger partial charge in [0.15, 0.2) is 0 Å². The van der Waals surface area contributed by atoms with Gasteiger partial charge in [-0.3, -0.25) is 0 Å². The van der Waals surface area contributed by atoms with Gasteiger partial charge in [-0.25, -0.2) is 0 Å². The summed E-state index contributed by atoms with van der Waals surface area (Å²) in [6, 6.07) is 24.4. The molecule has 7 aliphatic rings. The summed E-state index contributed by atoms with van der Waals surface area (Å²) in [4.78, 5) is 2.70. The van der Waals surface area contributed by atoms with E-state index in [0.717, 1.165) is 36.5 Å². The van der Waals surface area contributed by atoms with Crippen LogP contribution >= 0.6 is 0 Å². The fraction of sp³-hybridized carbons (Fsp3) is 0.476. The summed E-state index contributed by atoms with van der Waals surface area (Å²) < 4.78 is 0. The highest BCUT2D eigenvalue weighted by Crippen LogP contribution is 2.89. The molecule has 2 bridgehead atoms. The Morgan fingerprint density at radius 1 is 0.744 bits per heavy atom. The number of anilines is 2. The zero-order valence-corrected chi connectivity index (χ0v) is 26.4. The first-order valence-electron chi connectivity index (χ1n) is 17.3. The molecule has 3 aromatic rings. The predicted molar refractivity (Wildman–Crippen MR) is 178 cm³/mol. The number of hydrogen-bond acceptors (Lipinski definition) is 1. The van der Waals surface area contributed by atoms with Crippen molar-refractivity contribution in [3.05, 3.63) is 107 Å². The highest BCUT2D eigenvalue weighted by atomic mass is 15.2. The minimum absolute atomic E-state index is 0.142. The van der Waals surface area contributed by atoms with E-state index in [1.807, 2.05) is 0 Å². The Kier molecular flexibility index (Phi) is 4.68. The van der Waals surface area contributed by atoms with Gasteiger partial charge < -0.3 is 4.90 Å². The predicted octanol–water partition coefficient (Wildman–Crippen LogP) is 10.7. The third kappa shape index (κ3) is 2.83. The molecule has 6 unspecified atom stereocenters. The van der Waals surface area contributed by atoms with Gasteiger partial charge in [0, 0.05) is 22.5 Å². The van der Waals surface area contributed by atoms with Crippen LogP contribution < -0.4 is 4.90 Å². The lowest BCUT2D eigenvalue weighted by Crippen LogP contribution is -2.73. The number of fused-ring (bicyclic) bond motifs is 9.